The minimum Gasteiger partial charge on any atom is -0.288 e. The maximum Gasteiger partial charge on any atom is 0.276 e. The average Bonchev–Trinajstić information content (AvgIpc) is 2.53. The van der Waals surface area contributed by atoms with Crippen LogP contribution in [0.1, 0.15) is 67.4 Å². The van der Waals surface area contributed by atoms with Crippen molar-refractivity contribution in [1.29, 1.82) is 0 Å². The van der Waals surface area contributed by atoms with Crippen molar-refractivity contribution in [3.05, 3.63) is 29.6 Å². The molecule has 2 N–H and O–H groups in total. The van der Waals surface area contributed by atoms with Gasteiger partial charge in [0.25, 0.3) is 5.91 Å². The van der Waals surface area contributed by atoms with Gasteiger partial charge < -0.3 is 0 Å². The van der Waals surface area contributed by atoms with Crippen LogP contribution in [0.4, 0.5) is 0 Å². The van der Waals surface area contributed by atoms with Gasteiger partial charge in [-0.2, -0.15) is 0 Å². The van der Waals surface area contributed by atoms with Crippen molar-refractivity contribution >= 4 is 5.91 Å². The van der Waals surface area contributed by atoms with Gasteiger partial charge in [-0.25, -0.2) is 5.48 Å². The molecular formula is C19H26N2O2. The van der Waals surface area contributed by atoms with Crippen LogP contribution in [0.15, 0.2) is 18.3 Å². The molecule has 4 bridgehead atoms. The number of nitrogens with one attached hydrogen (secondary N) is 1. The zero-order valence-electron chi connectivity index (χ0n) is 13.6. The maximum absolute atomic E-state index is 11.3. The predicted octanol–water partition coefficient (Wildman–Crippen LogP) is 3.74. The molecule has 0 aliphatic heterocycles. The first-order valence-electron chi connectivity index (χ1n) is 9.05. The normalized spacial score (nSPS) is 34.6. The first-order chi connectivity index (χ1) is 11.2. The van der Waals surface area contributed by atoms with E-state index >= 15 is 0 Å². The number of pyridine rings is 1. The van der Waals surface area contributed by atoms with Crippen molar-refractivity contribution in [3.63, 3.8) is 0 Å². The van der Waals surface area contributed by atoms with Gasteiger partial charge in [-0.1, -0.05) is 0 Å². The third-order valence-corrected chi connectivity index (χ3v) is 6.49. The topological polar surface area (TPSA) is 62.2 Å². The molecule has 124 valence electrons. The summed E-state index contributed by atoms with van der Waals surface area (Å²) in [5, 5.41) is 8.62. The summed E-state index contributed by atoms with van der Waals surface area (Å²) < 4.78 is 0. The molecule has 23 heavy (non-hydrogen) atoms. The van der Waals surface area contributed by atoms with Crippen molar-refractivity contribution in [3.8, 4) is 0 Å². The molecule has 0 saturated heterocycles. The van der Waals surface area contributed by atoms with Crippen molar-refractivity contribution in [2.24, 2.45) is 23.2 Å². The number of amides is 1. The predicted molar refractivity (Wildman–Crippen MR) is 87.0 cm³/mol. The Hall–Kier alpha value is -1.42. The summed E-state index contributed by atoms with van der Waals surface area (Å²) in [6.07, 6.45) is 14.0. The molecule has 1 amide bonds. The van der Waals surface area contributed by atoms with E-state index in [2.05, 4.69) is 4.98 Å². The van der Waals surface area contributed by atoms with Gasteiger partial charge in [-0.05, 0) is 93.1 Å². The molecular weight excluding hydrogens is 288 g/mol. The Bertz CT molecular complexity index is 546. The lowest BCUT2D eigenvalue weighted by Gasteiger charge is -2.57. The third kappa shape index (κ3) is 3.01. The maximum atomic E-state index is 11.3. The second kappa shape index (κ2) is 5.90. The summed E-state index contributed by atoms with van der Waals surface area (Å²) >= 11 is 0. The number of aromatic nitrogens is 1. The second-order valence-corrected chi connectivity index (χ2v) is 8.25. The lowest BCUT2D eigenvalue weighted by Crippen LogP contribution is -2.45. The van der Waals surface area contributed by atoms with Crippen molar-refractivity contribution in [2.45, 2.75) is 57.8 Å². The molecule has 1 aromatic rings. The Morgan fingerprint density at radius 1 is 1.17 bits per heavy atom. The minimum absolute atomic E-state index is 0.400. The highest BCUT2D eigenvalue weighted by Crippen LogP contribution is 2.61. The van der Waals surface area contributed by atoms with E-state index in [0.29, 0.717) is 11.0 Å². The second-order valence-electron chi connectivity index (χ2n) is 8.25. The summed E-state index contributed by atoms with van der Waals surface area (Å²) in [6, 6.07) is 3.64. The molecule has 0 aromatic carbocycles. The fourth-order valence-corrected chi connectivity index (χ4v) is 6.01. The monoisotopic (exact) mass is 314 g/mol. The Kier molecular flexibility index (Phi) is 3.88. The third-order valence-electron chi connectivity index (χ3n) is 6.49. The molecule has 0 atom stereocenters. The molecule has 4 aliphatic carbocycles. The highest BCUT2D eigenvalue weighted by atomic mass is 16.5. The van der Waals surface area contributed by atoms with Gasteiger partial charge in [0.05, 0.1) is 5.56 Å². The van der Waals surface area contributed by atoms with Crippen LogP contribution in [0.5, 0.6) is 0 Å². The molecule has 4 aliphatic rings. The van der Waals surface area contributed by atoms with Crippen molar-refractivity contribution in [1.82, 2.24) is 10.5 Å². The van der Waals surface area contributed by atoms with Crippen LogP contribution in [0.3, 0.4) is 0 Å². The smallest absolute Gasteiger partial charge is 0.276 e. The van der Waals surface area contributed by atoms with Gasteiger partial charge in [-0.15, -0.1) is 0 Å². The molecule has 0 radical (unpaired) electrons. The lowest BCUT2D eigenvalue weighted by molar-refractivity contribution is -0.0580. The highest BCUT2D eigenvalue weighted by Gasteiger charge is 2.50. The number of nitrogens with zero attached hydrogens (tertiary/aromatic N) is 1. The Balaban J connectivity index is 1.33. The average molecular weight is 314 g/mol. The zero-order valence-corrected chi connectivity index (χ0v) is 13.6. The van der Waals surface area contributed by atoms with Crippen molar-refractivity contribution in [2.75, 3.05) is 0 Å². The number of hydroxylamine groups is 1. The molecule has 4 fully saturated rings. The number of hydrogen-bond acceptors (Lipinski definition) is 3. The number of hydrogen-bond donors (Lipinski definition) is 2. The number of carbonyl (C=O) groups is 1. The first-order valence-corrected chi connectivity index (χ1v) is 9.05. The SMILES string of the molecule is O=C(NO)c1ccc(CCCC23CC4CC(CC(C4)C2)C3)nc1. The van der Waals surface area contributed by atoms with E-state index in [-0.39, 0.29) is 0 Å². The lowest BCUT2D eigenvalue weighted by atomic mass is 9.48. The largest absolute Gasteiger partial charge is 0.288 e. The van der Waals surface area contributed by atoms with Gasteiger partial charge in [0.2, 0.25) is 0 Å². The van der Waals surface area contributed by atoms with Gasteiger partial charge in [-0.3, -0.25) is 15.0 Å². The van der Waals surface area contributed by atoms with Crippen LogP contribution in [-0.2, 0) is 6.42 Å². The van der Waals surface area contributed by atoms with E-state index in [1.807, 2.05) is 6.07 Å². The Morgan fingerprint density at radius 2 is 1.83 bits per heavy atom. The standard InChI is InChI=1S/C19H26N2O2/c22-18(21-23)16-3-4-17(20-12-16)2-1-5-19-9-13-6-14(10-19)8-15(7-13)11-19/h3-4,12-15,23H,1-2,5-11H2,(H,21,22). The Morgan fingerprint density at radius 3 is 2.35 bits per heavy atom. The summed E-state index contributed by atoms with van der Waals surface area (Å²) in [6.45, 7) is 0. The molecule has 0 unspecified atom stereocenters. The first kappa shape index (κ1) is 15.1. The molecule has 1 heterocycles. The van der Waals surface area contributed by atoms with E-state index in [0.717, 1.165) is 29.9 Å². The fraction of sp³-hybridized carbons (Fsp3) is 0.684. The number of aryl methyl sites for hydroxylation is 1. The van der Waals surface area contributed by atoms with Crippen LogP contribution in [0.25, 0.3) is 0 Å². The van der Waals surface area contributed by atoms with E-state index in [9.17, 15) is 4.79 Å². The number of rotatable bonds is 5. The van der Waals surface area contributed by atoms with Gasteiger partial charge in [0.1, 0.15) is 0 Å². The quantitative estimate of drug-likeness (QED) is 0.643. The van der Waals surface area contributed by atoms with Gasteiger partial charge >= 0.3 is 0 Å². The minimum atomic E-state index is -0.502. The van der Waals surface area contributed by atoms with E-state index in [1.54, 1.807) is 17.7 Å². The zero-order chi connectivity index (χ0) is 15.9. The summed E-state index contributed by atoms with van der Waals surface area (Å²) in [5.41, 5.74) is 3.73. The molecule has 5 rings (SSSR count). The van der Waals surface area contributed by atoms with Crippen LogP contribution in [-0.4, -0.2) is 16.1 Å². The van der Waals surface area contributed by atoms with Gasteiger partial charge in [0, 0.05) is 11.9 Å². The van der Waals surface area contributed by atoms with Crippen molar-refractivity contribution < 1.29 is 10.0 Å². The fourth-order valence-electron chi connectivity index (χ4n) is 6.01. The van der Waals surface area contributed by atoms with Gasteiger partial charge in [0.15, 0.2) is 0 Å². The molecule has 4 heteroatoms. The summed E-state index contributed by atoms with van der Waals surface area (Å²) in [7, 11) is 0. The Labute approximate surface area is 137 Å². The molecule has 4 nitrogen and oxygen atoms in total. The molecule has 1 aromatic heterocycles. The van der Waals surface area contributed by atoms with Crippen LogP contribution < -0.4 is 5.48 Å². The number of carbonyl (C=O) groups excluding carboxylic acids is 1. The van der Waals surface area contributed by atoms with Crippen LogP contribution in [0, 0.1) is 23.2 Å². The summed E-state index contributed by atoms with van der Waals surface area (Å²) in [5.74, 6) is 2.57. The molecule has 0 spiro atoms. The molecule has 4 saturated carbocycles. The van der Waals surface area contributed by atoms with E-state index < -0.39 is 5.91 Å². The van der Waals surface area contributed by atoms with E-state index in [1.165, 1.54) is 51.4 Å². The highest BCUT2D eigenvalue weighted by molar-refractivity contribution is 5.92. The van der Waals surface area contributed by atoms with E-state index in [4.69, 9.17) is 5.21 Å². The summed E-state index contributed by atoms with van der Waals surface area (Å²) in [4.78, 5) is 15.7. The van der Waals surface area contributed by atoms with Crippen LogP contribution in [0.2, 0.25) is 0 Å². The van der Waals surface area contributed by atoms with Crippen LogP contribution >= 0.6 is 0 Å².